The fourth-order valence-corrected chi connectivity index (χ4v) is 4.11. The molecule has 9 nitrogen and oxygen atoms in total. The number of rotatable bonds is 8. The molecule has 2 aromatic heterocycles. The van der Waals surface area contributed by atoms with Gasteiger partial charge in [0.15, 0.2) is 0 Å². The summed E-state index contributed by atoms with van der Waals surface area (Å²) < 4.78 is 13.5. The molecule has 0 spiro atoms. The molecule has 0 amide bonds. The van der Waals surface area contributed by atoms with E-state index in [9.17, 15) is 4.79 Å². The Labute approximate surface area is 219 Å². The first-order valence-corrected chi connectivity index (χ1v) is 12.2. The maximum absolute atomic E-state index is 13.0. The molecule has 0 aliphatic heterocycles. The van der Waals surface area contributed by atoms with Gasteiger partial charge in [-0.2, -0.15) is 0 Å². The van der Waals surface area contributed by atoms with Gasteiger partial charge >= 0.3 is 0 Å². The van der Waals surface area contributed by atoms with E-state index >= 15 is 0 Å². The van der Waals surface area contributed by atoms with Crippen LogP contribution in [0.25, 0.3) is 33.2 Å². The van der Waals surface area contributed by atoms with Gasteiger partial charge in [0.1, 0.15) is 23.8 Å². The topological polar surface area (TPSA) is 132 Å². The van der Waals surface area contributed by atoms with Crippen LogP contribution in [0.15, 0.2) is 77.7 Å². The molecule has 0 bridgehead atoms. The number of carbonyl (C=O) groups is 1. The third kappa shape index (κ3) is 6.19. The number of nitrogens with two attached hydrogens (primary N) is 1. The SMILES string of the molecule is CC(=O)O.COc1ccc2[nH]c(=O)c(-c3cn(CCCN)c4cc(OCc5ccccc5)ccc34)nc2c1. The van der Waals surface area contributed by atoms with Gasteiger partial charge < -0.3 is 29.9 Å². The van der Waals surface area contributed by atoms with E-state index in [1.807, 2.05) is 60.8 Å². The first-order chi connectivity index (χ1) is 18.4. The van der Waals surface area contributed by atoms with Crippen LogP contribution in [0.4, 0.5) is 0 Å². The van der Waals surface area contributed by atoms with E-state index in [1.165, 1.54) is 0 Å². The van der Waals surface area contributed by atoms with Crippen LogP contribution in [0, 0.1) is 0 Å². The molecule has 3 aromatic carbocycles. The molecule has 4 N–H and O–H groups in total. The molecule has 2 heterocycles. The first-order valence-electron chi connectivity index (χ1n) is 12.2. The highest BCUT2D eigenvalue weighted by Gasteiger charge is 2.16. The van der Waals surface area contributed by atoms with E-state index in [1.54, 1.807) is 19.2 Å². The summed E-state index contributed by atoms with van der Waals surface area (Å²) in [5, 5.41) is 8.35. The summed E-state index contributed by atoms with van der Waals surface area (Å²) in [4.78, 5) is 29.6. The Bertz CT molecular complexity index is 1600. The van der Waals surface area contributed by atoms with Gasteiger partial charge in [-0.1, -0.05) is 30.3 Å². The number of aromatic nitrogens is 3. The second-order valence-electron chi connectivity index (χ2n) is 8.65. The van der Waals surface area contributed by atoms with Gasteiger partial charge in [-0.05, 0) is 42.8 Å². The lowest BCUT2D eigenvalue weighted by Gasteiger charge is -2.08. The lowest BCUT2D eigenvalue weighted by molar-refractivity contribution is -0.134. The van der Waals surface area contributed by atoms with Crippen molar-refractivity contribution in [2.45, 2.75) is 26.5 Å². The van der Waals surface area contributed by atoms with Gasteiger partial charge in [0.25, 0.3) is 11.5 Å². The van der Waals surface area contributed by atoms with Crippen LogP contribution < -0.4 is 20.8 Å². The summed E-state index contributed by atoms with van der Waals surface area (Å²) in [6.07, 6.45) is 2.79. The highest BCUT2D eigenvalue weighted by molar-refractivity contribution is 5.96. The predicted molar refractivity (Wildman–Crippen MR) is 148 cm³/mol. The van der Waals surface area contributed by atoms with Crippen LogP contribution in [0.1, 0.15) is 18.9 Å². The zero-order chi connectivity index (χ0) is 27.1. The predicted octanol–water partition coefficient (Wildman–Crippen LogP) is 4.57. The average molecular weight is 515 g/mol. The van der Waals surface area contributed by atoms with Crippen LogP contribution in [-0.4, -0.2) is 39.3 Å². The van der Waals surface area contributed by atoms with E-state index in [-0.39, 0.29) is 5.56 Å². The third-order valence-corrected chi connectivity index (χ3v) is 5.86. The summed E-state index contributed by atoms with van der Waals surface area (Å²) in [7, 11) is 1.61. The van der Waals surface area contributed by atoms with Crippen LogP contribution in [0.2, 0.25) is 0 Å². The van der Waals surface area contributed by atoms with Crippen molar-refractivity contribution in [2.75, 3.05) is 13.7 Å². The summed E-state index contributed by atoms with van der Waals surface area (Å²) in [5.41, 5.74) is 10.1. The van der Waals surface area contributed by atoms with Crippen LogP contribution >= 0.6 is 0 Å². The quantitative estimate of drug-likeness (QED) is 0.276. The summed E-state index contributed by atoms with van der Waals surface area (Å²) >= 11 is 0. The number of hydrogen-bond acceptors (Lipinski definition) is 6. The van der Waals surface area contributed by atoms with Crippen molar-refractivity contribution in [3.05, 3.63) is 88.8 Å². The number of methoxy groups -OCH3 is 1. The molecular weight excluding hydrogens is 484 g/mol. The van der Waals surface area contributed by atoms with E-state index < -0.39 is 5.97 Å². The number of nitrogens with zero attached hydrogens (tertiary/aromatic N) is 2. The highest BCUT2D eigenvalue weighted by atomic mass is 16.5. The minimum Gasteiger partial charge on any atom is -0.497 e. The highest BCUT2D eigenvalue weighted by Crippen LogP contribution is 2.32. The molecule has 196 valence electrons. The number of carboxylic acids is 1. The van der Waals surface area contributed by atoms with E-state index in [2.05, 4.69) is 9.55 Å². The standard InChI is InChI=1S/C27H26N4O3.C2H4O2/c1-33-19-9-11-23-24(14-19)29-26(27(32)30-23)22-16-31(13-5-12-28)25-15-20(8-10-21(22)25)34-17-18-6-3-2-4-7-18;1-2(3)4/h2-4,6-11,14-16H,5,12-13,17,28H2,1H3,(H,30,32);1H3,(H,3,4). The van der Waals surface area contributed by atoms with E-state index in [0.29, 0.717) is 35.6 Å². The number of fused-ring (bicyclic) bond motifs is 2. The van der Waals surface area contributed by atoms with Gasteiger partial charge in [0.2, 0.25) is 0 Å². The lowest BCUT2D eigenvalue weighted by Crippen LogP contribution is -2.11. The van der Waals surface area contributed by atoms with Crippen LogP contribution in [0.3, 0.4) is 0 Å². The Morgan fingerprint density at radius 2 is 1.82 bits per heavy atom. The van der Waals surface area contributed by atoms with Gasteiger partial charge in [0, 0.05) is 42.7 Å². The van der Waals surface area contributed by atoms with Crippen molar-refractivity contribution in [3.8, 4) is 22.8 Å². The van der Waals surface area contributed by atoms with Crippen molar-refractivity contribution < 1.29 is 19.4 Å². The summed E-state index contributed by atoms with van der Waals surface area (Å²) in [5.74, 6) is 0.615. The monoisotopic (exact) mass is 514 g/mol. The number of aromatic amines is 1. The number of carboxylic acid groups (broad SMARTS) is 1. The molecular formula is C29H30N4O5. The minimum atomic E-state index is -0.833. The Hall–Kier alpha value is -4.63. The maximum atomic E-state index is 13.0. The van der Waals surface area contributed by atoms with Crippen molar-refractivity contribution >= 4 is 27.9 Å². The molecule has 9 heteroatoms. The number of aryl methyl sites for hydroxylation is 1. The van der Waals surface area contributed by atoms with Crippen LogP contribution in [0.5, 0.6) is 11.5 Å². The number of H-pyrrole nitrogens is 1. The molecule has 5 aromatic rings. The van der Waals surface area contributed by atoms with Gasteiger partial charge in [-0.3, -0.25) is 9.59 Å². The summed E-state index contributed by atoms with van der Waals surface area (Å²) in [6, 6.07) is 21.4. The molecule has 0 saturated heterocycles. The molecule has 0 radical (unpaired) electrons. The van der Waals surface area contributed by atoms with Crippen molar-refractivity contribution in [1.82, 2.24) is 14.5 Å². The van der Waals surface area contributed by atoms with Gasteiger partial charge in [-0.15, -0.1) is 0 Å². The molecule has 0 aliphatic carbocycles. The van der Waals surface area contributed by atoms with E-state index in [0.717, 1.165) is 47.7 Å². The first kappa shape index (κ1) is 26.4. The van der Waals surface area contributed by atoms with Crippen LogP contribution in [-0.2, 0) is 17.9 Å². The largest absolute Gasteiger partial charge is 0.497 e. The molecule has 5 rings (SSSR count). The number of hydrogen-bond donors (Lipinski definition) is 3. The number of benzene rings is 3. The second kappa shape index (κ2) is 12.1. The van der Waals surface area contributed by atoms with Crippen molar-refractivity contribution in [2.24, 2.45) is 5.73 Å². The zero-order valence-electron chi connectivity index (χ0n) is 21.3. The molecule has 0 saturated carbocycles. The van der Waals surface area contributed by atoms with Crippen molar-refractivity contribution in [1.29, 1.82) is 0 Å². The minimum absolute atomic E-state index is 0.236. The Balaban J connectivity index is 0.000000786. The number of nitrogens with one attached hydrogen (secondary N) is 1. The molecule has 0 unspecified atom stereocenters. The number of ether oxygens (including phenoxy) is 2. The third-order valence-electron chi connectivity index (χ3n) is 5.86. The summed E-state index contributed by atoms with van der Waals surface area (Å²) in [6.45, 7) is 2.87. The van der Waals surface area contributed by atoms with Crippen molar-refractivity contribution in [3.63, 3.8) is 0 Å². The fourth-order valence-electron chi connectivity index (χ4n) is 4.11. The smallest absolute Gasteiger partial charge is 0.300 e. The lowest BCUT2D eigenvalue weighted by atomic mass is 10.1. The fraction of sp³-hybridized carbons (Fsp3) is 0.207. The number of aliphatic carboxylic acids is 1. The molecule has 0 aliphatic rings. The Morgan fingerprint density at radius 3 is 2.53 bits per heavy atom. The van der Waals surface area contributed by atoms with Gasteiger partial charge in [0.05, 0.1) is 23.7 Å². The second-order valence-corrected chi connectivity index (χ2v) is 8.65. The average Bonchev–Trinajstić information content (AvgIpc) is 3.28. The Kier molecular flexibility index (Phi) is 8.40. The normalized spacial score (nSPS) is 10.7. The maximum Gasteiger partial charge on any atom is 0.300 e. The molecule has 38 heavy (non-hydrogen) atoms. The zero-order valence-corrected chi connectivity index (χ0v) is 21.3. The van der Waals surface area contributed by atoms with Gasteiger partial charge in [-0.25, -0.2) is 4.98 Å². The van der Waals surface area contributed by atoms with E-state index in [4.69, 9.17) is 30.1 Å². The molecule has 0 fully saturated rings. The molecule has 0 atom stereocenters. The Morgan fingerprint density at radius 1 is 1.08 bits per heavy atom.